The number of carbonyl (C=O) groups is 2. The second-order valence-corrected chi connectivity index (χ2v) is 14.5. The zero-order valence-electron chi connectivity index (χ0n) is 28.4. The standard InChI is InChI=1S/C35H24N8O12S2/c36-31-30-20(15-28(56(50,51)52)32(31)41-40-25-3-1-2-4-26(25)43(48)49)16-29(57(53,54)55)33(34(30)45)42-38-22-11-7-19(8-12-22)18-5-9-21(10-6-18)37-39-23-13-14-27(44)24(17-23)35(46)47/h1-17,38,44H,36H2,(H,46,47)(H,50,51,52)(H,53,54,55). The average Bonchev–Trinajstić information content (AvgIpc) is 3.16. The van der Waals surface area contributed by atoms with E-state index in [0.29, 0.717) is 23.4 Å². The van der Waals surface area contributed by atoms with Crippen molar-refractivity contribution >= 4 is 83.6 Å². The number of nitrogens with two attached hydrogens (primary N) is 1. The van der Waals surface area contributed by atoms with Crippen molar-refractivity contribution in [2.75, 3.05) is 11.2 Å². The number of aromatic hydroxyl groups is 1. The highest BCUT2D eigenvalue weighted by Crippen LogP contribution is 2.41. The highest BCUT2D eigenvalue weighted by Gasteiger charge is 2.37. The van der Waals surface area contributed by atoms with Gasteiger partial charge in [0, 0.05) is 6.07 Å². The van der Waals surface area contributed by atoms with Crippen molar-refractivity contribution < 1.29 is 50.7 Å². The van der Waals surface area contributed by atoms with Crippen molar-refractivity contribution in [2.45, 2.75) is 4.90 Å². The Balaban J connectivity index is 1.28. The van der Waals surface area contributed by atoms with Gasteiger partial charge in [0.25, 0.3) is 25.9 Å². The lowest BCUT2D eigenvalue weighted by Crippen LogP contribution is -2.28. The molecule has 0 radical (unpaired) electrons. The minimum absolute atomic E-state index is 0.208. The van der Waals surface area contributed by atoms with Gasteiger partial charge in [0.1, 0.15) is 26.8 Å². The second kappa shape index (κ2) is 15.3. The van der Waals surface area contributed by atoms with E-state index in [1.165, 1.54) is 48.5 Å². The molecule has 1 aliphatic rings. The minimum atomic E-state index is -5.20. The van der Waals surface area contributed by atoms with Gasteiger partial charge < -0.3 is 15.9 Å². The van der Waals surface area contributed by atoms with Gasteiger partial charge >= 0.3 is 5.97 Å². The zero-order valence-corrected chi connectivity index (χ0v) is 30.1. The Morgan fingerprint density at radius 3 is 2.02 bits per heavy atom. The number of carboxylic acids is 1. The largest absolute Gasteiger partial charge is 0.507 e. The van der Waals surface area contributed by atoms with Gasteiger partial charge in [-0.05, 0) is 77.4 Å². The number of nitrogens with zero attached hydrogens (tertiary/aromatic N) is 6. The molecule has 5 aromatic rings. The Hall–Kier alpha value is -7.53. The number of hydrogen-bond donors (Lipinski definition) is 6. The number of phenols is 1. The molecule has 6 rings (SSSR count). The van der Waals surface area contributed by atoms with Gasteiger partial charge in [-0.1, -0.05) is 36.4 Å². The SMILES string of the molecule is Nc1c(N=Nc2ccccc2[N+](=O)[O-])c(S(=O)(=O)O)cc2c1C(=O)C(=NNc1ccc(-c3ccc(N=Nc4ccc(O)c(C(=O)O)c4)cc3)cc1)C(S(=O)(=O)O)=C2. The maximum atomic E-state index is 13.8. The number of ketones is 1. The molecule has 0 bridgehead atoms. The van der Waals surface area contributed by atoms with Crippen LogP contribution in [0.5, 0.6) is 5.75 Å². The maximum absolute atomic E-state index is 13.8. The van der Waals surface area contributed by atoms with E-state index in [2.05, 4.69) is 31.0 Å². The van der Waals surface area contributed by atoms with Crippen molar-refractivity contribution in [3.05, 3.63) is 129 Å². The van der Waals surface area contributed by atoms with Crippen LogP contribution in [0.1, 0.15) is 26.3 Å². The number of nitrogens with one attached hydrogen (secondary N) is 1. The number of azo groups is 2. The number of aromatic carboxylic acids is 1. The summed E-state index contributed by atoms with van der Waals surface area (Å²) in [6.45, 7) is 0. The Labute approximate surface area is 320 Å². The third-order valence-electron chi connectivity index (χ3n) is 8.06. The minimum Gasteiger partial charge on any atom is -0.507 e. The van der Waals surface area contributed by atoms with Gasteiger partial charge in [0.2, 0.25) is 5.78 Å². The highest BCUT2D eigenvalue weighted by atomic mass is 32.2. The van der Waals surface area contributed by atoms with Gasteiger partial charge in [0.05, 0.1) is 33.2 Å². The van der Waals surface area contributed by atoms with Crippen LogP contribution in [0.2, 0.25) is 0 Å². The number of nitro benzene ring substituents is 1. The molecule has 0 saturated carbocycles. The van der Waals surface area contributed by atoms with Crippen molar-refractivity contribution in [1.82, 2.24) is 0 Å². The van der Waals surface area contributed by atoms with E-state index in [0.717, 1.165) is 11.6 Å². The van der Waals surface area contributed by atoms with E-state index in [4.69, 9.17) is 5.73 Å². The van der Waals surface area contributed by atoms with Gasteiger partial charge in [-0.25, -0.2) is 4.79 Å². The van der Waals surface area contributed by atoms with Crippen LogP contribution in [0.15, 0.2) is 132 Å². The predicted octanol–water partition coefficient (Wildman–Crippen LogP) is 7.22. The van der Waals surface area contributed by atoms with Crippen LogP contribution in [0, 0.1) is 10.1 Å². The molecule has 0 atom stereocenters. The molecular weight excluding hydrogens is 789 g/mol. The molecule has 0 fully saturated rings. The van der Waals surface area contributed by atoms with E-state index >= 15 is 0 Å². The summed E-state index contributed by atoms with van der Waals surface area (Å²) in [5, 5.41) is 49.7. The summed E-state index contributed by atoms with van der Waals surface area (Å²) in [6.07, 6.45) is 0.713. The fourth-order valence-corrected chi connectivity index (χ4v) is 6.69. The lowest BCUT2D eigenvalue weighted by Gasteiger charge is -2.20. The molecule has 22 heteroatoms. The first kappa shape index (κ1) is 39.2. The van der Waals surface area contributed by atoms with Crippen LogP contribution in [0.4, 0.5) is 39.8 Å². The molecular formula is C35H24N8O12S2. The summed E-state index contributed by atoms with van der Waals surface area (Å²) in [7, 11) is -10.4. The maximum Gasteiger partial charge on any atom is 0.339 e. The molecule has 1 aliphatic carbocycles. The van der Waals surface area contributed by atoms with Crippen LogP contribution in [-0.2, 0) is 20.2 Å². The van der Waals surface area contributed by atoms with Crippen molar-refractivity contribution in [2.24, 2.45) is 25.6 Å². The number of hydrazone groups is 1. The Bertz CT molecular complexity index is 2860. The second-order valence-electron chi connectivity index (χ2n) is 11.7. The summed E-state index contributed by atoms with van der Waals surface area (Å²) >= 11 is 0. The van der Waals surface area contributed by atoms with Crippen LogP contribution in [-0.4, -0.2) is 58.5 Å². The van der Waals surface area contributed by atoms with Crippen molar-refractivity contribution in [3.8, 4) is 16.9 Å². The monoisotopic (exact) mass is 812 g/mol. The summed E-state index contributed by atoms with van der Waals surface area (Å²) in [6, 6.07) is 22.6. The number of carbonyl (C=O) groups excluding carboxylic acids is 1. The number of nitrogen functional groups attached to an aromatic ring is 1. The van der Waals surface area contributed by atoms with Gasteiger partial charge in [0.15, 0.2) is 11.4 Å². The molecule has 0 aliphatic heterocycles. The van der Waals surface area contributed by atoms with E-state index in [1.807, 2.05) is 0 Å². The fourth-order valence-electron chi connectivity index (χ4n) is 5.36. The summed E-state index contributed by atoms with van der Waals surface area (Å²) in [5.74, 6) is -2.94. The van der Waals surface area contributed by atoms with E-state index < -0.39 is 86.4 Å². The van der Waals surface area contributed by atoms with Crippen LogP contribution in [0.3, 0.4) is 0 Å². The zero-order chi connectivity index (χ0) is 41.2. The lowest BCUT2D eigenvalue weighted by atomic mass is 9.92. The van der Waals surface area contributed by atoms with Gasteiger partial charge in [-0.15, -0.1) is 10.2 Å². The summed E-state index contributed by atoms with van der Waals surface area (Å²) < 4.78 is 69.5. The number of benzene rings is 5. The molecule has 57 heavy (non-hydrogen) atoms. The number of rotatable bonds is 11. The van der Waals surface area contributed by atoms with Gasteiger partial charge in [-0.2, -0.15) is 32.2 Å². The van der Waals surface area contributed by atoms with Crippen LogP contribution in [0.25, 0.3) is 17.2 Å². The molecule has 0 spiro atoms. The molecule has 0 saturated heterocycles. The summed E-state index contributed by atoms with van der Waals surface area (Å²) in [4.78, 5) is 33.6. The molecule has 0 unspecified atom stereocenters. The molecule has 0 heterocycles. The van der Waals surface area contributed by atoms with Crippen molar-refractivity contribution in [3.63, 3.8) is 0 Å². The number of Topliss-reactive ketones (excluding diaryl/α,β-unsaturated/α-hetero) is 1. The predicted molar refractivity (Wildman–Crippen MR) is 204 cm³/mol. The van der Waals surface area contributed by atoms with E-state index in [-0.39, 0.29) is 22.6 Å². The normalized spacial score (nSPS) is 13.8. The number of allylic oxidation sites excluding steroid dienone is 1. The highest BCUT2D eigenvalue weighted by molar-refractivity contribution is 7.91. The Kier molecular flexibility index (Phi) is 10.5. The number of para-hydroxylation sites is 1. The van der Waals surface area contributed by atoms with Crippen LogP contribution < -0.4 is 11.2 Å². The molecule has 20 nitrogen and oxygen atoms in total. The number of carboxylic acid groups (broad SMARTS) is 1. The quantitative estimate of drug-likeness (QED) is 0.0252. The Morgan fingerprint density at radius 1 is 0.789 bits per heavy atom. The molecule has 0 aromatic heterocycles. The van der Waals surface area contributed by atoms with Crippen LogP contribution >= 0.6 is 0 Å². The first-order valence-corrected chi connectivity index (χ1v) is 18.7. The molecule has 5 aromatic carbocycles. The third-order valence-corrected chi connectivity index (χ3v) is 9.80. The van der Waals surface area contributed by atoms with Gasteiger partial charge in [-0.3, -0.25) is 29.4 Å². The fraction of sp³-hybridized carbons (Fsp3) is 0. The number of hydrogen-bond acceptors (Lipinski definition) is 16. The number of nitro groups is 1. The third kappa shape index (κ3) is 8.42. The summed E-state index contributed by atoms with van der Waals surface area (Å²) in [5.41, 5.74) is 6.51. The molecule has 0 amide bonds. The average molecular weight is 813 g/mol. The van der Waals surface area contributed by atoms with E-state index in [1.54, 1.807) is 36.4 Å². The topological polar surface area (TPSA) is 326 Å². The first-order chi connectivity index (χ1) is 26.9. The first-order valence-electron chi connectivity index (χ1n) is 15.8. The number of fused-ring (bicyclic) bond motifs is 1. The van der Waals surface area contributed by atoms with Crippen molar-refractivity contribution in [1.29, 1.82) is 0 Å². The lowest BCUT2D eigenvalue weighted by molar-refractivity contribution is -0.384. The number of anilines is 2. The Morgan fingerprint density at radius 2 is 1.40 bits per heavy atom. The smallest absolute Gasteiger partial charge is 0.339 e. The molecule has 7 N–H and O–H groups in total. The van der Waals surface area contributed by atoms with E-state index in [9.17, 15) is 55.9 Å². The molecule has 288 valence electrons.